The van der Waals surface area contributed by atoms with Gasteiger partial charge in [0.2, 0.25) is 0 Å². The van der Waals surface area contributed by atoms with E-state index in [1.54, 1.807) is 0 Å². The maximum atomic E-state index is 9.33. The number of benzene rings is 3. The van der Waals surface area contributed by atoms with Crippen LogP contribution in [0.2, 0.25) is 0 Å². The second-order valence-corrected chi connectivity index (χ2v) is 5.35. The summed E-state index contributed by atoms with van der Waals surface area (Å²) in [4.78, 5) is 3.31. The van der Waals surface area contributed by atoms with Crippen LogP contribution in [0.15, 0.2) is 66.7 Å². The summed E-state index contributed by atoms with van der Waals surface area (Å²) in [5, 5.41) is 20.7. The minimum Gasteiger partial charge on any atom is -0.510 e. The Bertz CT molecular complexity index is 980. The van der Waals surface area contributed by atoms with Crippen molar-refractivity contribution >= 4 is 29.1 Å². The number of fused-ring (bicyclic) bond motifs is 3. The molecule has 1 aromatic heterocycles. The monoisotopic (exact) mass is 303 g/mol. The SMILES string of the molecule is OB(O)Oc1c(-c2ccccc2)ccc2c1[nH]c1ccccc12. The highest BCUT2D eigenvalue weighted by Gasteiger charge is 2.20. The normalized spacial score (nSPS) is 11.0. The van der Waals surface area contributed by atoms with Gasteiger partial charge in [0.1, 0.15) is 5.75 Å². The first-order valence-corrected chi connectivity index (χ1v) is 7.35. The summed E-state index contributed by atoms with van der Waals surface area (Å²) in [5.74, 6) is 0.430. The van der Waals surface area contributed by atoms with Crippen molar-refractivity contribution in [3.05, 3.63) is 66.7 Å². The average molecular weight is 303 g/mol. The molecule has 0 unspecified atom stereocenters. The Morgan fingerprint density at radius 1 is 0.783 bits per heavy atom. The molecule has 0 bridgehead atoms. The van der Waals surface area contributed by atoms with Gasteiger partial charge >= 0.3 is 7.32 Å². The number of para-hydroxylation sites is 1. The fraction of sp³-hybridized carbons (Fsp3) is 0. The second-order valence-electron chi connectivity index (χ2n) is 5.35. The van der Waals surface area contributed by atoms with Gasteiger partial charge in [-0.25, -0.2) is 0 Å². The third kappa shape index (κ3) is 2.36. The lowest BCUT2D eigenvalue weighted by Crippen LogP contribution is -2.21. The molecule has 3 aromatic carbocycles. The minimum atomic E-state index is -1.88. The zero-order chi connectivity index (χ0) is 15.8. The van der Waals surface area contributed by atoms with Gasteiger partial charge < -0.3 is 19.7 Å². The lowest BCUT2D eigenvalue weighted by molar-refractivity contribution is 0.290. The third-order valence-corrected chi connectivity index (χ3v) is 3.94. The first-order valence-electron chi connectivity index (χ1n) is 7.35. The van der Waals surface area contributed by atoms with Gasteiger partial charge in [-0.1, -0.05) is 54.6 Å². The van der Waals surface area contributed by atoms with E-state index < -0.39 is 7.32 Å². The van der Waals surface area contributed by atoms with Crippen LogP contribution < -0.4 is 4.65 Å². The minimum absolute atomic E-state index is 0.430. The van der Waals surface area contributed by atoms with Gasteiger partial charge in [-0.05, 0) is 17.7 Å². The topological polar surface area (TPSA) is 65.5 Å². The van der Waals surface area contributed by atoms with Crippen molar-refractivity contribution in [1.29, 1.82) is 0 Å². The van der Waals surface area contributed by atoms with Crippen LogP contribution in [0, 0.1) is 0 Å². The molecule has 0 saturated carbocycles. The lowest BCUT2D eigenvalue weighted by atomic mass is 10.0. The van der Waals surface area contributed by atoms with Crippen molar-refractivity contribution in [3.8, 4) is 16.9 Å². The summed E-state index contributed by atoms with van der Waals surface area (Å²) in [7, 11) is -1.88. The summed E-state index contributed by atoms with van der Waals surface area (Å²) in [6, 6.07) is 21.6. The highest BCUT2D eigenvalue weighted by molar-refractivity contribution is 6.34. The number of nitrogens with one attached hydrogen (secondary N) is 1. The predicted octanol–water partition coefficient (Wildman–Crippen LogP) is 3.34. The summed E-state index contributed by atoms with van der Waals surface area (Å²) in [6.45, 7) is 0. The zero-order valence-electron chi connectivity index (χ0n) is 12.2. The third-order valence-electron chi connectivity index (χ3n) is 3.94. The first-order chi connectivity index (χ1) is 11.2. The molecule has 4 aromatic rings. The molecular weight excluding hydrogens is 289 g/mol. The van der Waals surface area contributed by atoms with E-state index in [9.17, 15) is 10.0 Å². The molecule has 4 rings (SSSR count). The molecule has 0 aliphatic carbocycles. The maximum Gasteiger partial charge on any atom is 0.707 e. The second kappa shape index (κ2) is 5.46. The number of hydrogen-bond donors (Lipinski definition) is 3. The smallest absolute Gasteiger partial charge is 0.510 e. The lowest BCUT2D eigenvalue weighted by Gasteiger charge is -2.12. The van der Waals surface area contributed by atoms with E-state index in [0.717, 1.165) is 32.9 Å². The van der Waals surface area contributed by atoms with Gasteiger partial charge in [-0.2, -0.15) is 0 Å². The van der Waals surface area contributed by atoms with Gasteiger partial charge in [0.15, 0.2) is 0 Å². The molecular formula is C18H14BNO3. The largest absolute Gasteiger partial charge is 0.707 e. The molecule has 0 radical (unpaired) electrons. The Balaban J connectivity index is 2.05. The van der Waals surface area contributed by atoms with Gasteiger partial charge in [0, 0.05) is 21.9 Å². The van der Waals surface area contributed by atoms with E-state index in [2.05, 4.69) is 4.98 Å². The van der Waals surface area contributed by atoms with Crippen LogP contribution >= 0.6 is 0 Å². The number of hydrogen-bond acceptors (Lipinski definition) is 3. The van der Waals surface area contributed by atoms with E-state index in [1.807, 2.05) is 66.7 Å². The van der Waals surface area contributed by atoms with Crippen molar-refractivity contribution in [3.63, 3.8) is 0 Å². The molecule has 1 heterocycles. The van der Waals surface area contributed by atoms with Gasteiger partial charge in [-0.15, -0.1) is 0 Å². The van der Waals surface area contributed by atoms with Crippen LogP contribution in [0.1, 0.15) is 0 Å². The van der Waals surface area contributed by atoms with Gasteiger partial charge in [0.25, 0.3) is 0 Å². The Morgan fingerprint density at radius 2 is 1.52 bits per heavy atom. The summed E-state index contributed by atoms with van der Waals surface area (Å²) >= 11 is 0. The molecule has 5 heteroatoms. The first kappa shape index (κ1) is 13.9. The number of aromatic nitrogens is 1. The molecule has 0 fully saturated rings. The number of aromatic amines is 1. The maximum absolute atomic E-state index is 9.33. The van der Waals surface area contributed by atoms with Crippen LogP contribution in [0.25, 0.3) is 32.9 Å². The Labute approximate surface area is 133 Å². The van der Waals surface area contributed by atoms with Crippen LogP contribution in [-0.2, 0) is 0 Å². The molecule has 0 amide bonds. The molecule has 23 heavy (non-hydrogen) atoms. The van der Waals surface area contributed by atoms with Gasteiger partial charge in [-0.3, -0.25) is 0 Å². The summed E-state index contributed by atoms with van der Waals surface area (Å²) in [6.07, 6.45) is 0. The average Bonchev–Trinajstić information content (AvgIpc) is 2.95. The summed E-state index contributed by atoms with van der Waals surface area (Å²) < 4.78 is 5.32. The number of rotatable bonds is 3. The van der Waals surface area contributed by atoms with Crippen molar-refractivity contribution in [2.45, 2.75) is 0 Å². The van der Waals surface area contributed by atoms with Crippen LogP contribution in [0.3, 0.4) is 0 Å². The van der Waals surface area contributed by atoms with Crippen molar-refractivity contribution in [2.75, 3.05) is 0 Å². The molecule has 112 valence electrons. The quantitative estimate of drug-likeness (QED) is 0.509. The molecule has 3 N–H and O–H groups in total. The zero-order valence-corrected chi connectivity index (χ0v) is 12.2. The van der Waals surface area contributed by atoms with Crippen molar-refractivity contribution in [2.24, 2.45) is 0 Å². The molecule has 0 saturated heterocycles. The highest BCUT2D eigenvalue weighted by atomic mass is 16.6. The number of H-pyrrole nitrogens is 1. The van der Waals surface area contributed by atoms with E-state index in [1.165, 1.54) is 0 Å². The summed E-state index contributed by atoms with van der Waals surface area (Å²) in [5.41, 5.74) is 3.48. The standard InChI is InChI=1S/C18H14BNO3/c21-19(22)23-18-13(12-6-2-1-3-7-12)10-11-15-14-8-4-5-9-16(14)20-17(15)18/h1-11,20-22H. The molecule has 4 nitrogen and oxygen atoms in total. The van der Waals surface area contributed by atoms with Crippen LogP contribution in [-0.4, -0.2) is 22.4 Å². The van der Waals surface area contributed by atoms with E-state index >= 15 is 0 Å². The fourth-order valence-electron chi connectivity index (χ4n) is 2.97. The fourth-order valence-corrected chi connectivity index (χ4v) is 2.97. The predicted molar refractivity (Wildman–Crippen MR) is 92.1 cm³/mol. The van der Waals surface area contributed by atoms with Crippen molar-refractivity contribution in [1.82, 2.24) is 4.98 Å². The van der Waals surface area contributed by atoms with E-state index in [4.69, 9.17) is 4.65 Å². The van der Waals surface area contributed by atoms with E-state index in [0.29, 0.717) is 5.75 Å². The molecule has 0 aliphatic rings. The van der Waals surface area contributed by atoms with Gasteiger partial charge in [0.05, 0.1) is 5.52 Å². The van der Waals surface area contributed by atoms with Crippen LogP contribution in [0.4, 0.5) is 0 Å². The van der Waals surface area contributed by atoms with Crippen LogP contribution in [0.5, 0.6) is 5.75 Å². The molecule has 0 spiro atoms. The Kier molecular flexibility index (Phi) is 3.30. The highest BCUT2D eigenvalue weighted by Crippen LogP contribution is 2.39. The van der Waals surface area contributed by atoms with Crippen molar-refractivity contribution < 1.29 is 14.7 Å². The molecule has 0 atom stereocenters. The Morgan fingerprint density at radius 3 is 2.30 bits per heavy atom. The molecule has 0 aliphatic heterocycles. The van der Waals surface area contributed by atoms with E-state index in [-0.39, 0.29) is 0 Å². The Hall–Kier alpha value is -2.76.